The fourth-order valence-corrected chi connectivity index (χ4v) is 2.84. The van der Waals surface area contributed by atoms with Crippen LogP contribution < -0.4 is 5.73 Å². The normalized spacial score (nSPS) is 12.6. The van der Waals surface area contributed by atoms with Crippen molar-refractivity contribution in [2.75, 3.05) is 39.8 Å². The molecule has 0 aliphatic heterocycles. The Morgan fingerprint density at radius 2 is 1.82 bits per heavy atom. The van der Waals surface area contributed by atoms with E-state index in [2.05, 4.69) is 0 Å². The monoisotopic (exact) mass is 267 g/mol. The highest BCUT2D eigenvalue weighted by Gasteiger charge is 2.25. The Morgan fingerprint density at radius 3 is 2.29 bits per heavy atom. The van der Waals surface area contributed by atoms with Crippen molar-refractivity contribution < 1.29 is 13.5 Å². The van der Waals surface area contributed by atoms with E-state index in [9.17, 15) is 8.42 Å². The molecule has 0 saturated carbocycles. The second-order valence-corrected chi connectivity index (χ2v) is 5.98. The zero-order chi connectivity index (χ0) is 13.3. The number of hydrogen-bond acceptors (Lipinski definition) is 4. The van der Waals surface area contributed by atoms with Crippen LogP contribution in [0.1, 0.15) is 26.2 Å². The van der Waals surface area contributed by atoms with Gasteiger partial charge in [-0.3, -0.25) is 0 Å². The predicted molar refractivity (Wildman–Crippen MR) is 68.8 cm³/mol. The van der Waals surface area contributed by atoms with E-state index >= 15 is 0 Å². The first-order chi connectivity index (χ1) is 8.00. The van der Waals surface area contributed by atoms with Crippen molar-refractivity contribution in [2.24, 2.45) is 5.73 Å². The van der Waals surface area contributed by atoms with Gasteiger partial charge in [0.2, 0.25) is 0 Å². The molecule has 104 valence electrons. The number of nitrogens with zero attached hydrogens (tertiary/aromatic N) is 2. The van der Waals surface area contributed by atoms with Crippen LogP contribution in [0.4, 0.5) is 0 Å². The number of nitrogens with two attached hydrogens (primary N) is 1. The lowest BCUT2D eigenvalue weighted by atomic mass is 10.3. The summed E-state index contributed by atoms with van der Waals surface area (Å²) in [5.41, 5.74) is 5.36. The quantitative estimate of drug-likeness (QED) is 0.564. The molecule has 0 aliphatic carbocycles. The minimum absolute atomic E-state index is 0.148. The Morgan fingerprint density at radius 1 is 1.18 bits per heavy atom. The van der Waals surface area contributed by atoms with Gasteiger partial charge in [-0.05, 0) is 19.4 Å². The van der Waals surface area contributed by atoms with Crippen LogP contribution in [-0.2, 0) is 10.2 Å². The average molecular weight is 267 g/mol. The van der Waals surface area contributed by atoms with Crippen LogP contribution in [0.3, 0.4) is 0 Å². The molecule has 6 nitrogen and oxygen atoms in total. The summed E-state index contributed by atoms with van der Waals surface area (Å²) < 4.78 is 26.9. The molecule has 0 fully saturated rings. The molecule has 17 heavy (non-hydrogen) atoms. The van der Waals surface area contributed by atoms with E-state index in [1.807, 2.05) is 6.92 Å². The van der Waals surface area contributed by atoms with E-state index in [-0.39, 0.29) is 13.2 Å². The number of unbranched alkanes of at least 4 members (excludes halogenated alkanes) is 1. The minimum Gasteiger partial charge on any atom is -0.395 e. The van der Waals surface area contributed by atoms with Crippen LogP contribution in [0, 0.1) is 0 Å². The van der Waals surface area contributed by atoms with Crippen molar-refractivity contribution in [3.8, 4) is 0 Å². The van der Waals surface area contributed by atoms with Crippen molar-refractivity contribution in [3.05, 3.63) is 0 Å². The second-order valence-electron chi connectivity index (χ2n) is 3.95. The summed E-state index contributed by atoms with van der Waals surface area (Å²) in [5, 5.41) is 8.91. The second kappa shape index (κ2) is 8.82. The summed E-state index contributed by atoms with van der Waals surface area (Å²) in [6.07, 6.45) is 2.35. The van der Waals surface area contributed by atoms with Crippen LogP contribution in [0.15, 0.2) is 0 Å². The van der Waals surface area contributed by atoms with Crippen molar-refractivity contribution >= 4 is 10.2 Å². The molecule has 0 aromatic heterocycles. The van der Waals surface area contributed by atoms with Crippen molar-refractivity contribution in [1.82, 2.24) is 8.61 Å². The summed E-state index contributed by atoms with van der Waals surface area (Å²) >= 11 is 0. The first-order valence-corrected chi connectivity index (χ1v) is 7.42. The Bertz CT molecular complexity index is 283. The molecule has 0 radical (unpaired) electrons. The van der Waals surface area contributed by atoms with Gasteiger partial charge >= 0.3 is 0 Å². The van der Waals surface area contributed by atoms with E-state index in [0.29, 0.717) is 26.1 Å². The molecular formula is C10H25N3O3S. The standard InChI is InChI=1S/C10H25N3O3S/c1-3-4-8-13(9-10-14)17(15,16)12(2)7-5-6-11/h14H,3-11H2,1-2H3. The number of rotatable bonds is 10. The van der Waals surface area contributed by atoms with Gasteiger partial charge in [-0.15, -0.1) is 0 Å². The predicted octanol–water partition coefficient (Wildman–Crippen LogP) is -0.394. The lowest BCUT2D eigenvalue weighted by molar-refractivity contribution is 0.244. The third kappa shape index (κ3) is 5.78. The average Bonchev–Trinajstić information content (AvgIpc) is 2.31. The third-order valence-electron chi connectivity index (χ3n) is 2.51. The zero-order valence-corrected chi connectivity index (χ0v) is 11.6. The molecule has 7 heteroatoms. The van der Waals surface area contributed by atoms with Gasteiger partial charge in [-0.2, -0.15) is 17.0 Å². The lowest BCUT2D eigenvalue weighted by Crippen LogP contribution is -2.44. The van der Waals surface area contributed by atoms with Crippen LogP contribution in [0.25, 0.3) is 0 Å². The molecular weight excluding hydrogens is 242 g/mol. The number of aliphatic hydroxyl groups is 1. The third-order valence-corrected chi connectivity index (χ3v) is 4.50. The molecule has 0 bridgehead atoms. The van der Waals surface area contributed by atoms with Gasteiger partial charge in [0.05, 0.1) is 6.61 Å². The van der Waals surface area contributed by atoms with Gasteiger partial charge in [0.15, 0.2) is 0 Å². The summed E-state index contributed by atoms with van der Waals surface area (Å²) in [4.78, 5) is 0. The molecule has 0 aromatic rings. The molecule has 3 N–H and O–H groups in total. The Labute approximate surface area is 105 Å². The molecule has 0 aliphatic rings. The van der Waals surface area contributed by atoms with E-state index in [4.69, 9.17) is 10.8 Å². The van der Waals surface area contributed by atoms with Gasteiger partial charge in [0.25, 0.3) is 10.2 Å². The topological polar surface area (TPSA) is 86.9 Å². The summed E-state index contributed by atoms with van der Waals surface area (Å²) in [6, 6.07) is 0. The summed E-state index contributed by atoms with van der Waals surface area (Å²) in [5.74, 6) is 0. The van der Waals surface area contributed by atoms with E-state index in [1.165, 1.54) is 8.61 Å². The van der Waals surface area contributed by atoms with Gasteiger partial charge in [-0.25, -0.2) is 0 Å². The first kappa shape index (κ1) is 16.8. The molecule has 0 rings (SSSR count). The van der Waals surface area contributed by atoms with Crippen molar-refractivity contribution in [2.45, 2.75) is 26.2 Å². The van der Waals surface area contributed by atoms with E-state index in [0.717, 1.165) is 12.8 Å². The van der Waals surface area contributed by atoms with Crippen LogP contribution in [0.2, 0.25) is 0 Å². The van der Waals surface area contributed by atoms with Gasteiger partial charge < -0.3 is 10.8 Å². The summed E-state index contributed by atoms with van der Waals surface area (Å²) in [6.45, 7) is 3.32. The highest BCUT2D eigenvalue weighted by Crippen LogP contribution is 2.08. The van der Waals surface area contributed by atoms with Crippen LogP contribution >= 0.6 is 0 Å². The van der Waals surface area contributed by atoms with Crippen LogP contribution in [0.5, 0.6) is 0 Å². The minimum atomic E-state index is -3.46. The fraction of sp³-hybridized carbons (Fsp3) is 1.00. The van der Waals surface area contributed by atoms with Gasteiger partial charge in [0.1, 0.15) is 0 Å². The Balaban J connectivity index is 4.57. The molecule has 0 unspecified atom stereocenters. The van der Waals surface area contributed by atoms with E-state index < -0.39 is 10.2 Å². The molecule has 0 atom stereocenters. The maximum absolute atomic E-state index is 12.1. The first-order valence-electron chi connectivity index (χ1n) is 6.03. The summed E-state index contributed by atoms with van der Waals surface area (Å²) in [7, 11) is -1.91. The van der Waals surface area contributed by atoms with Crippen molar-refractivity contribution in [3.63, 3.8) is 0 Å². The lowest BCUT2D eigenvalue weighted by Gasteiger charge is -2.26. The maximum atomic E-state index is 12.1. The molecule has 0 aromatic carbocycles. The molecule has 0 heterocycles. The maximum Gasteiger partial charge on any atom is 0.281 e. The molecule has 0 saturated heterocycles. The van der Waals surface area contributed by atoms with E-state index in [1.54, 1.807) is 7.05 Å². The van der Waals surface area contributed by atoms with Crippen LogP contribution in [-0.4, -0.2) is 62.0 Å². The smallest absolute Gasteiger partial charge is 0.281 e. The molecule has 0 amide bonds. The van der Waals surface area contributed by atoms with Gasteiger partial charge in [-0.1, -0.05) is 13.3 Å². The fourth-order valence-electron chi connectivity index (χ4n) is 1.41. The highest BCUT2D eigenvalue weighted by molar-refractivity contribution is 7.86. The SMILES string of the molecule is CCCCN(CCO)S(=O)(=O)N(C)CCCN. The Kier molecular flexibility index (Phi) is 8.71. The van der Waals surface area contributed by atoms with Gasteiger partial charge in [0, 0.05) is 26.7 Å². The largest absolute Gasteiger partial charge is 0.395 e. The number of hydrogen-bond donors (Lipinski definition) is 2. The highest BCUT2D eigenvalue weighted by atomic mass is 32.2. The zero-order valence-electron chi connectivity index (χ0n) is 10.8. The van der Waals surface area contributed by atoms with Crippen molar-refractivity contribution in [1.29, 1.82) is 0 Å². The molecule has 0 spiro atoms. The Hall–Kier alpha value is -0.210. The number of aliphatic hydroxyl groups excluding tert-OH is 1.